The first-order valence-electron chi connectivity index (χ1n) is 10.3. The SMILES string of the molecule is COc1cccc(CNC(=O)Cc2ccc(NC(=O)N3CCSc4ncccc43)cc2)c1. The van der Waals surface area contributed by atoms with Gasteiger partial charge in [0.05, 0.1) is 19.2 Å². The second kappa shape index (κ2) is 10.2. The van der Waals surface area contributed by atoms with E-state index in [9.17, 15) is 9.59 Å². The molecule has 1 aromatic heterocycles. The summed E-state index contributed by atoms with van der Waals surface area (Å²) in [5.74, 6) is 1.50. The lowest BCUT2D eigenvalue weighted by molar-refractivity contribution is -0.120. The molecule has 0 spiro atoms. The maximum absolute atomic E-state index is 12.8. The Morgan fingerprint density at radius 2 is 1.94 bits per heavy atom. The average molecular weight is 449 g/mol. The number of thioether (sulfide) groups is 1. The zero-order chi connectivity index (χ0) is 22.3. The van der Waals surface area contributed by atoms with Crippen LogP contribution in [0.25, 0.3) is 0 Å². The molecule has 0 unspecified atom stereocenters. The highest BCUT2D eigenvalue weighted by Gasteiger charge is 2.23. The third kappa shape index (κ3) is 5.39. The Morgan fingerprint density at radius 3 is 2.75 bits per heavy atom. The Hall–Kier alpha value is -3.52. The van der Waals surface area contributed by atoms with Crippen LogP contribution in [-0.2, 0) is 17.8 Å². The lowest BCUT2D eigenvalue weighted by Crippen LogP contribution is -2.38. The number of carbonyl (C=O) groups excluding carboxylic acids is 2. The summed E-state index contributed by atoms with van der Waals surface area (Å²) >= 11 is 1.65. The molecule has 3 amide bonds. The Kier molecular flexibility index (Phi) is 6.91. The van der Waals surface area contributed by atoms with Gasteiger partial charge in [-0.05, 0) is 47.5 Å². The van der Waals surface area contributed by atoms with Crippen LogP contribution in [0.1, 0.15) is 11.1 Å². The number of ether oxygens (including phenoxy) is 1. The molecule has 32 heavy (non-hydrogen) atoms. The van der Waals surface area contributed by atoms with Crippen LogP contribution in [0.15, 0.2) is 71.9 Å². The molecule has 0 atom stereocenters. The van der Waals surface area contributed by atoms with Gasteiger partial charge in [0.25, 0.3) is 0 Å². The maximum atomic E-state index is 12.8. The van der Waals surface area contributed by atoms with Crippen molar-refractivity contribution in [2.75, 3.05) is 29.6 Å². The van der Waals surface area contributed by atoms with Crippen LogP contribution in [-0.4, -0.2) is 36.3 Å². The number of methoxy groups -OCH3 is 1. The van der Waals surface area contributed by atoms with Gasteiger partial charge in [-0.25, -0.2) is 9.78 Å². The van der Waals surface area contributed by atoms with Crippen molar-refractivity contribution in [3.8, 4) is 5.75 Å². The van der Waals surface area contributed by atoms with Crippen LogP contribution < -0.4 is 20.3 Å². The van der Waals surface area contributed by atoms with Crippen LogP contribution >= 0.6 is 11.8 Å². The lowest BCUT2D eigenvalue weighted by atomic mass is 10.1. The topological polar surface area (TPSA) is 83.6 Å². The summed E-state index contributed by atoms with van der Waals surface area (Å²) < 4.78 is 5.20. The Bertz CT molecular complexity index is 1100. The number of rotatable bonds is 6. The zero-order valence-electron chi connectivity index (χ0n) is 17.7. The molecule has 2 aromatic carbocycles. The smallest absolute Gasteiger partial charge is 0.326 e. The van der Waals surface area contributed by atoms with E-state index in [0.717, 1.165) is 33.3 Å². The first-order chi connectivity index (χ1) is 15.6. The summed E-state index contributed by atoms with van der Waals surface area (Å²) in [6, 6.07) is 18.5. The van der Waals surface area contributed by atoms with Gasteiger partial charge in [0, 0.05) is 30.7 Å². The highest BCUT2D eigenvalue weighted by atomic mass is 32.2. The first-order valence-corrected chi connectivity index (χ1v) is 11.3. The molecule has 1 aliphatic heterocycles. The Labute approximate surface area is 191 Å². The largest absolute Gasteiger partial charge is 0.497 e. The van der Waals surface area contributed by atoms with Gasteiger partial charge < -0.3 is 15.4 Å². The molecule has 0 bridgehead atoms. The fourth-order valence-electron chi connectivity index (χ4n) is 3.39. The zero-order valence-corrected chi connectivity index (χ0v) is 18.5. The second-order valence-electron chi connectivity index (χ2n) is 7.26. The predicted molar refractivity (Wildman–Crippen MR) is 126 cm³/mol. The standard InChI is InChI=1S/C24H24N4O3S/c1-31-20-5-2-4-18(14-20)16-26-22(29)15-17-7-9-19(10-8-17)27-24(30)28-12-13-32-23-21(28)6-3-11-25-23/h2-11,14H,12-13,15-16H2,1H3,(H,26,29)(H,27,30). The number of carbonyl (C=O) groups is 2. The maximum Gasteiger partial charge on any atom is 0.326 e. The minimum atomic E-state index is -0.191. The van der Waals surface area contributed by atoms with Crippen molar-refractivity contribution in [3.63, 3.8) is 0 Å². The fourth-order valence-corrected chi connectivity index (χ4v) is 4.32. The molecule has 0 saturated heterocycles. The van der Waals surface area contributed by atoms with E-state index in [-0.39, 0.29) is 18.4 Å². The predicted octanol–water partition coefficient (Wildman–Crippen LogP) is 4.09. The molecule has 0 aliphatic carbocycles. The quantitative estimate of drug-likeness (QED) is 0.593. The van der Waals surface area contributed by atoms with Crippen molar-refractivity contribution in [1.82, 2.24) is 10.3 Å². The van der Waals surface area contributed by atoms with Crippen molar-refractivity contribution in [1.29, 1.82) is 0 Å². The second-order valence-corrected chi connectivity index (χ2v) is 8.34. The Morgan fingerprint density at radius 1 is 1.09 bits per heavy atom. The number of hydrogen-bond acceptors (Lipinski definition) is 5. The van der Waals surface area contributed by atoms with Gasteiger partial charge in [-0.15, -0.1) is 11.8 Å². The number of aromatic nitrogens is 1. The van der Waals surface area contributed by atoms with Crippen molar-refractivity contribution in [3.05, 3.63) is 78.0 Å². The summed E-state index contributed by atoms with van der Waals surface area (Å²) in [5, 5.41) is 6.71. The van der Waals surface area contributed by atoms with E-state index in [1.807, 2.05) is 60.7 Å². The molecule has 0 saturated carbocycles. The van der Waals surface area contributed by atoms with Gasteiger partial charge in [0.2, 0.25) is 5.91 Å². The van der Waals surface area contributed by atoms with E-state index in [4.69, 9.17) is 4.74 Å². The number of hydrogen-bond donors (Lipinski definition) is 2. The van der Waals surface area contributed by atoms with Crippen LogP contribution in [0.2, 0.25) is 0 Å². The normalized spacial score (nSPS) is 12.6. The van der Waals surface area contributed by atoms with Gasteiger partial charge in [-0.2, -0.15) is 0 Å². The molecule has 1 aliphatic rings. The molecule has 7 nitrogen and oxygen atoms in total. The molecule has 0 radical (unpaired) electrons. The third-order valence-corrected chi connectivity index (χ3v) is 6.01. The summed E-state index contributed by atoms with van der Waals surface area (Å²) in [5.41, 5.74) is 3.35. The number of nitrogens with one attached hydrogen (secondary N) is 2. The number of benzene rings is 2. The van der Waals surface area contributed by atoms with E-state index in [1.54, 1.807) is 30.0 Å². The molecule has 2 N–H and O–H groups in total. The number of urea groups is 1. The van der Waals surface area contributed by atoms with Gasteiger partial charge in [-0.1, -0.05) is 24.3 Å². The molecule has 4 rings (SSSR count). The summed E-state index contributed by atoms with van der Waals surface area (Å²) in [4.78, 5) is 31.1. The minimum absolute atomic E-state index is 0.0699. The molecule has 8 heteroatoms. The highest BCUT2D eigenvalue weighted by Crippen LogP contribution is 2.32. The number of fused-ring (bicyclic) bond motifs is 1. The molecule has 164 valence electrons. The Balaban J connectivity index is 1.30. The van der Waals surface area contributed by atoms with E-state index >= 15 is 0 Å². The van der Waals surface area contributed by atoms with Crippen LogP contribution in [0.5, 0.6) is 5.75 Å². The van der Waals surface area contributed by atoms with Gasteiger partial charge in [0.1, 0.15) is 10.8 Å². The van der Waals surface area contributed by atoms with E-state index in [0.29, 0.717) is 18.8 Å². The van der Waals surface area contributed by atoms with Crippen molar-refractivity contribution < 1.29 is 14.3 Å². The fraction of sp³-hybridized carbons (Fsp3) is 0.208. The monoisotopic (exact) mass is 448 g/mol. The first kappa shape index (κ1) is 21.7. The molecular weight excluding hydrogens is 424 g/mol. The van der Waals surface area contributed by atoms with Gasteiger partial charge in [0.15, 0.2) is 0 Å². The molecule has 3 aromatic rings. The number of nitrogens with zero attached hydrogens (tertiary/aromatic N) is 2. The lowest BCUT2D eigenvalue weighted by Gasteiger charge is -2.28. The van der Waals surface area contributed by atoms with E-state index in [2.05, 4.69) is 15.6 Å². The van der Waals surface area contributed by atoms with Gasteiger partial charge in [-0.3, -0.25) is 9.69 Å². The summed E-state index contributed by atoms with van der Waals surface area (Å²) in [7, 11) is 1.62. The number of anilines is 2. The van der Waals surface area contributed by atoms with E-state index in [1.165, 1.54) is 0 Å². The minimum Gasteiger partial charge on any atom is -0.497 e. The van der Waals surface area contributed by atoms with Crippen LogP contribution in [0.3, 0.4) is 0 Å². The van der Waals surface area contributed by atoms with Crippen molar-refractivity contribution in [2.45, 2.75) is 18.0 Å². The van der Waals surface area contributed by atoms with Gasteiger partial charge >= 0.3 is 6.03 Å². The van der Waals surface area contributed by atoms with Crippen LogP contribution in [0.4, 0.5) is 16.2 Å². The van der Waals surface area contributed by atoms with Crippen molar-refractivity contribution >= 4 is 35.1 Å². The summed E-state index contributed by atoms with van der Waals surface area (Å²) in [6.45, 7) is 1.06. The van der Waals surface area contributed by atoms with Crippen molar-refractivity contribution in [2.24, 2.45) is 0 Å². The molecule has 2 heterocycles. The number of amides is 3. The third-order valence-electron chi connectivity index (χ3n) is 5.03. The summed E-state index contributed by atoms with van der Waals surface area (Å²) in [6.07, 6.45) is 2.00. The molecule has 0 fully saturated rings. The highest BCUT2D eigenvalue weighted by molar-refractivity contribution is 7.99. The van der Waals surface area contributed by atoms with E-state index < -0.39 is 0 Å². The van der Waals surface area contributed by atoms with Crippen LogP contribution in [0, 0.1) is 0 Å². The average Bonchev–Trinajstić information content (AvgIpc) is 2.83. The molecular formula is C24H24N4O3S. The number of pyridine rings is 1.